The number of carbonyl (C=O) groups excluding carboxylic acids is 1. The molecular weight excluding hydrogens is 692 g/mol. The molecule has 0 spiro atoms. The molecule has 0 radical (unpaired) electrons. The van der Waals surface area contributed by atoms with Crippen LogP contribution in [-0.2, 0) is 4.74 Å². The Kier molecular flexibility index (Phi) is 6.85. The van der Waals surface area contributed by atoms with Crippen LogP contribution in [0, 0.1) is 14.3 Å². The number of halogens is 4. The van der Waals surface area contributed by atoms with E-state index in [0.717, 1.165) is 7.14 Å². The van der Waals surface area contributed by atoms with Gasteiger partial charge >= 0.3 is 11.9 Å². The standard InChI is InChI=1S/C10H6I4O4/c1-2-18-10(17)4-3(9(15)16)5(11)7(13)8(14)6(4)12/h2H2,1H3,(H,15,16). The molecule has 1 aromatic carbocycles. The lowest BCUT2D eigenvalue weighted by Gasteiger charge is -2.13. The molecular formula is C10H6I4O4. The summed E-state index contributed by atoms with van der Waals surface area (Å²) in [7, 11) is 0. The highest BCUT2D eigenvalue weighted by Crippen LogP contribution is 2.33. The summed E-state index contributed by atoms with van der Waals surface area (Å²) in [6.07, 6.45) is 0. The fraction of sp³-hybridized carbons (Fsp3) is 0.200. The van der Waals surface area contributed by atoms with E-state index in [1.54, 1.807) is 6.92 Å². The predicted octanol–water partition coefficient (Wildman–Crippen LogP) is 3.98. The Morgan fingerprint density at radius 1 is 1.00 bits per heavy atom. The quantitative estimate of drug-likeness (QED) is 0.225. The second kappa shape index (κ2) is 7.19. The zero-order chi connectivity index (χ0) is 14.0. The van der Waals surface area contributed by atoms with E-state index in [-0.39, 0.29) is 17.7 Å². The minimum absolute atomic E-state index is 0.0169. The van der Waals surface area contributed by atoms with Crippen molar-refractivity contribution in [1.82, 2.24) is 0 Å². The van der Waals surface area contributed by atoms with E-state index in [2.05, 4.69) is 45.2 Å². The molecule has 0 unspecified atom stereocenters. The fourth-order valence-corrected chi connectivity index (χ4v) is 4.87. The average Bonchev–Trinajstić information content (AvgIpc) is 2.30. The van der Waals surface area contributed by atoms with Gasteiger partial charge in [0.15, 0.2) is 0 Å². The molecule has 1 N–H and O–H groups in total. The van der Waals surface area contributed by atoms with Crippen molar-refractivity contribution in [3.63, 3.8) is 0 Å². The zero-order valence-corrected chi connectivity index (χ0v) is 17.5. The normalized spacial score (nSPS) is 10.3. The molecule has 0 saturated carbocycles. The highest BCUT2D eigenvalue weighted by atomic mass is 127. The fourth-order valence-electron chi connectivity index (χ4n) is 1.23. The largest absolute Gasteiger partial charge is 0.478 e. The monoisotopic (exact) mass is 698 g/mol. The third-order valence-electron chi connectivity index (χ3n) is 1.96. The highest BCUT2D eigenvalue weighted by Gasteiger charge is 2.28. The Hall–Kier alpha value is 1.08. The van der Waals surface area contributed by atoms with Gasteiger partial charge in [0.05, 0.1) is 17.7 Å². The van der Waals surface area contributed by atoms with Crippen molar-refractivity contribution in [3.8, 4) is 0 Å². The van der Waals surface area contributed by atoms with Gasteiger partial charge in [-0.25, -0.2) is 9.59 Å². The van der Waals surface area contributed by atoms with Crippen LogP contribution in [0.1, 0.15) is 27.6 Å². The van der Waals surface area contributed by atoms with E-state index >= 15 is 0 Å². The summed E-state index contributed by atoms with van der Waals surface area (Å²) in [5.74, 6) is -1.71. The van der Waals surface area contributed by atoms with Crippen molar-refractivity contribution < 1.29 is 19.4 Å². The Balaban J connectivity index is 3.67. The number of carboxylic acid groups (broad SMARTS) is 1. The van der Waals surface area contributed by atoms with Crippen LogP contribution in [0.4, 0.5) is 0 Å². The van der Waals surface area contributed by atoms with Crippen molar-refractivity contribution >= 4 is 102 Å². The second-order valence-corrected chi connectivity index (χ2v) is 7.35. The molecule has 0 saturated heterocycles. The molecule has 0 aliphatic heterocycles. The smallest absolute Gasteiger partial charge is 0.340 e. The third kappa shape index (κ3) is 3.39. The molecule has 0 aromatic heterocycles. The van der Waals surface area contributed by atoms with Crippen molar-refractivity contribution in [2.24, 2.45) is 0 Å². The van der Waals surface area contributed by atoms with Gasteiger partial charge in [-0.3, -0.25) is 0 Å². The number of carboxylic acids is 1. The van der Waals surface area contributed by atoms with Crippen molar-refractivity contribution in [2.75, 3.05) is 6.61 Å². The van der Waals surface area contributed by atoms with E-state index in [9.17, 15) is 14.7 Å². The highest BCUT2D eigenvalue weighted by molar-refractivity contribution is 14.1. The molecule has 1 rings (SSSR count). The summed E-state index contributed by atoms with van der Waals surface area (Å²) in [4.78, 5) is 23.3. The van der Waals surface area contributed by atoms with Crippen molar-refractivity contribution in [2.45, 2.75) is 6.92 Å². The van der Waals surface area contributed by atoms with Gasteiger partial charge in [0.25, 0.3) is 0 Å². The number of ether oxygens (including phenoxy) is 1. The number of aromatic carboxylic acids is 1. The van der Waals surface area contributed by atoms with Crippen molar-refractivity contribution in [1.29, 1.82) is 0 Å². The van der Waals surface area contributed by atoms with Gasteiger partial charge < -0.3 is 9.84 Å². The molecule has 1 aromatic rings. The molecule has 4 nitrogen and oxygen atoms in total. The molecule has 0 aliphatic rings. The van der Waals surface area contributed by atoms with Crippen LogP contribution in [0.25, 0.3) is 0 Å². The lowest BCUT2D eigenvalue weighted by Crippen LogP contribution is -2.17. The number of hydrogen-bond acceptors (Lipinski definition) is 3. The molecule has 0 bridgehead atoms. The van der Waals surface area contributed by atoms with Crippen LogP contribution in [-0.4, -0.2) is 23.7 Å². The van der Waals surface area contributed by atoms with Gasteiger partial charge in [-0.2, -0.15) is 0 Å². The summed E-state index contributed by atoms with van der Waals surface area (Å²) in [5, 5.41) is 9.28. The first-order valence-corrected chi connectivity index (χ1v) is 8.90. The molecule has 0 fully saturated rings. The molecule has 0 aliphatic carbocycles. The summed E-state index contributed by atoms with van der Waals surface area (Å²) in [6, 6.07) is 0. The number of benzene rings is 1. The summed E-state index contributed by atoms with van der Waals surface area (Å²) < 4.78 is 7.82. The zero-order valence-electron chi connectivity index (χ0n) is 8.89. The Labute approximate surface area is 158 Å². The maximum Gasteiger partial charge on any atom is 0.340 e. The number of esters is 1. The average molecular weight is 698 g/mol. The van der Waals surface area contributed by atoms with E-state index in [4.69, 9.17) is 4.74 Å². The van der Waals surface area contributed by atoms with Crippen LogP contribution < -0.4 is 0 Å². The first-order valence-electron chi connectivity index (χ1n) is 4.59. The van der Waals surface area contributed by atoms with Gasteiger partial charge in [-0.1, -0.05) is 0 Å². The molecule has 0 atom stereocenters. The third-order valence-corrected chi connectivity index (χ3v) is 9.37. The van der Waals surface area contributed by atoms with Gasteiger partial charge in [-0.15, -0.1) is 0 Å². The van der Waals surface area contributed by atoms with Gasteiger partial charge in [-0.05, 0) is 97.3 Å². The molecule has 8 heteroatoms. The lowest BCUT2D eigenvalue weighted by atomic mass is 10.1. The Bertz CT molecular complexity index is 527. The second-order valence-electron chi connectivity index (χ2n) is 3.03. The van der Waals surface area contributed by atoms with Crippen LogP contribution in [0.15, 0.2) is 0 Å². The topological polar surface area (TPSA) is 63.6 Å². The number of carbonyl (C=O) groups is 2. The van der Waals surface area contributed by atoms with E-state index < -0.39 is 11.9 Å². The molecule has 0 amide bonds. The molecule has 18 heavy (non-hydrogen) atoms. The van der Waals surface area contributed by atoms with Crippen molar-refractivity contribution in [3.05, 3.63) is 25.4 Å². The van der Waals surface area contributed by atoms with Gasteiger partial charge in [0.1, 0.15) is 0 Å². The van der Waals surface area contributed by atoms with Crippen LogP contribution >= 0.6 is 90.4 Å². The molecule has 98 valence electrons. The first-order chi connectivity index (χ1) is 8.32. The maximum absolute atomic E-state index is 11.9. The van der Waals surface area contributed by atoms with E-state index in [1.807, 2.05) is 45.2 Å². The summed E-state index contributed by atoms with van der Waals surface area (Å²) in [5.41, 5.74) is 0.155. The Morgan fingerprint density at radius 3 is 1.83 bits per heavy atom. The van der Waals surface area contributed by atoms with Gasteiger partial charge in [0, 0.05) is 14.3 Å². The SMILES string of the molecule is CCOC(=O)c1c(I)c(I)c(I)c(I)c1C(=O)O. The first kappa shape index (κ1) is 17.1. The van der Waals surface area contributed by atoms with E-state index in [1.165, 1.54) is 0 Å². The van der Waals surface area contributed by atoms with Gasteiger partial charge in [0.2, 0.25) is 0 Å². The molecule has 0 heterocycles. The predicted molar refractivity (Wildman–Crippen MR) is 100 cm³/mol. The van der Waals surface area contributed by atoms with Crippen LogP contribution in [0.5, 0.6) is 0 Å². The van der Waals surface area contributed by atoms with E-state index in [0.29, 0.717) is 7.14 Å². The number of rotatable bonds is 3. The summed E-state index contributed by atoms with van der Waals surface area (Å²) >= 11 is 8.11. The van der Waals surface area contributed by atoms with Crippen LogP contribution in [0.2, 0.25) is 0 Å². The Morgan fingerprint density at radius 2 is 1.44 bits per heavy atom. The minimum Gasteiger partial charge on any atom is -0.478 e. The van der Waals surface area contributed by atoms with Crippen LogP contribution in [0.3, 0.4) is 0 Å². The maximum atomic E-state index is 11.9. The minimum atomic E-state index is -1.12. The number of hydrogen-bond donors (Lipinski definition) is 1. The summed E-state index contributed by atoms with van der Waals surface area (Å²) in [6.45, 7) is 1.90. The lowest BCUT2D eigenvalue weighted by molar-refractivity contribution is 0.0512.